The first kappa shape index (κ1) is 19.3. The lowest BCUT2D eigenvalue weighted by Crippen LogP contribution is -2.47. The number of benzene rings is 1. The van der Waals surface area contributed by atoms with Crippen LogP contribution in [0.25, 0.3) is 0 Å². The molecule has 1 aromatic heterocycles. The summed E-state index contributed by atoms with van der Waals surface area (Å²) in [6.07, 6.45) is -15.5. The van der Waals surface area contributed by atoms with Crippen molar-refractivity contribution < 1.29 is 31.1 Å². The van der Waals surface area contributed by atoms with Crippen LogP contribution in [0.5, 0.6) is 6.01 Å². The van der Waals surface area contributed by atoms with Crippen molar-refractivity contribution in [2.75, 3.05) is 11.1 Å². The van der Waals surface area contributed by atoms with Crippen LogP contribution in [0.4, 0.5) is 43.9 Å². The summed E-state index contributed by atoms with van der Waals surface area (Å²) in [6.45, 7) is 0. The number of nitrogens with zero attached hydrogens (tertiary/aromatic N) is 3. The minimum absolute atomic E-state index is 0.369. The summed E-state index contributed by atoms with van der Waals surface area (Å²) < 4.78 is 79.9. The summed E-state index contributed by atoms with van der Waals surface area (Å²) in [4.78, 5) is 10.1. The number of anilines is 3. The standard InChI is InChI=1S/C12H8F6IN5O/c13-11(14,15)7(12(16,17)18)25-10-23-8(20)22-9(24-10)21-6-3-1-5(19)2-4-6/h1-4,7H,(H3,20,21,22,23,24). The zero-order valence-electron chi connectivity index (χ0n) is 11.9. The normalized spacial score (nSPS) is 12.3. The third-order valence-corrected chi connectivity index (χ3v) is 3.27. The van der Waals surface area contributed by atoms with E-state index >= 15 is 0 Å². The molecule has 0 amide bonds. The Morgan fingerprint density at radius 2 is 1.52 bits per heavy atom. The molecule has 0 atom stereocenters. The molecule has 136 valence electrons. The molecule has 0 radical (unpaired) electrons. The van der Waals surface area contributed by atoms with E-state index in [4.69, 9.17) is 5.73 Å². The Kier molecular flexibility index (Phi) is 5.43. The molecule has 0 aliphatic heterocycles. The van der Waals surface area contributed by atoms with E-state index in [1.807, 2.05) is 22.6 Å². The summed E-state index contributed by atoms with van der Waals surface area (Å²) in [5.41, 5.74) is 5.72. The molecule has 2 rings (SSSR count). The molecule has 0 saturated heterocycles. The van der Waals surface area contributed by atoms with E-state index in [1.165, 1.54) is 0 Å². The second kappa shape index (κ2) is 7.05. The highest BCUT2D eigenvalue weighted by Crippen LogP contribution is 2.36. The highest BCUT2D eigenvalue weighted by molar-refractivity contribution is 14.1. The predicted molar refractivity (Wildman–Crippen MR) is 83.2 cm³/mol. The fraction of sp³-hybridized carbons (Fsp3) is 0.250. The summed E-state index contributed by atoms with van der Waals surface area (Å²) in [6, 6.07) is 5.38. The van der Waals surface area contributed by atoms with Gasteiger partial charge in [0.1, 0.15) is 0 Å². The number of nitrogen functional groups attached to an aromatic ring is 1. The maximum absolute atomic E-state index is 12.5. The van der Waals surface area contributed by atoms with E-state index in [-0.39, 0.29) is 5.95 Å². The van der Waals surface area contributed by atoms with Gasteiger partial charge in [0, 0.05) is 9.26 Å². The van der Waals surface area contributed by atoms with Gasteiger partial charge in [0.15, 0.2) is 0 Å². The van der Waals surface area contributed by atoms with Gasteiger partial charge in [-0.3, -0.25) is 0 Å². The van der Waals surface area contributed by atoms with Gasteiger partial charge < -0.3 is 15.8 Å². The molecule has 3 N–H and O–H groups in total. The minimum Gasteiger partial charge on any atom is -0.440 e. The van der Waals surface area contributed by atoms with Gasteiger partial charge >= 0.3 is 18.4 Å². The van der Waals surface area contributed by atoms with Crippen molar-refractivity contribution >= 4 is 40.2 Å². The second-order valence-electron chi connectivity index (χ2n) is 4.51. The van der Waals surface area contributed by atoms with E-state index < -0.39 is 30.4 Å². The van der Waals surface area contributed by atoms with Gasteiger partial charge in [-0.2, -0.15) is 41.3 Å². The Bertz CT molecular complexity index is 722. The molecule has 0 fully saturated rings. The number of alkyl halides is 6. The number of ether oxygens (including phenoxy) is 1. The second-order valence-corrected chi connectivity index (χ2v) is 5.76. The average molecular weight is 479 g/mol. The van der Waals surface area contributed by atoms with Gasteiger partial charge in [-0.05, 0) is 46.9 Å². The van der Waals surface area contributed by atoms with Gasteiger partial charge in [-0.1, -0.05) is 0 Å². The molecular formula is C12H8F6IN5O. The van der Waals surface area contributed by atoms with Gasteiger partial charge in [-0.25, -0.2) is 0 Å². The monoisotopic (exact) mass is 479 g/mol. The predicted octanol–water partition coefficient (Wildman–Crippen LogP) is 3.67. The highest BCUT2D eigenvalue weighted by atomic mass is 127. The van der Waals surface area contributed by atoms with E-state index in [1.54, 1.807) is 24.3 Å². The summed E-state index contributed by atoms with van der Waals surface area (Å²) >= 11 is 2.04. The average Bonchev–Trinajstić information content (AvgIpc) is 2.44. The van der Waals surface area contributed by atoms with Crippen LogP contribution in [0.1, 0.15) is 0 Å². The van der Waals surface area contributed by atoms with Crippen LogP contribution in [0, 0.1) is 3.57 Å². The van der Waals surface area contributed by atoms with E-state index in [2.05, 4.69) is 25.0 Å². The van der Waals surface area contributed by atoms with Crippen molar-refractivity contribution in [1.29, 1.82) is 0 Å². The molecule has 0 saturated carbocycles. The number of rotatable bonds is 4. The first-order valence-corrected chi connectivity index (χ1v) is 7.37. The molecule has 13 heteroatoms. The summed E-state index contributed by atoms with van der Waals surface area (Å²) in [5, 5.41) is 2.58. The van der Waals surface area contributed by atoms with E-state index in [9.17, 15) is 26.3 Å². The van der Waals surface area contributed by atoms with Crippen molar-refractivity contribution in [2.45, 2.75) is 18.5 Å². The van der Waals surface area contributed by atoms with Crippen molar-refractivity contribution in [2.24, 2.45) is 0 Å². The molecule has 6 nitrogen and oxygen atoms in total. The number of nitrogens with one attached hydrogen (secondary N) is 1. The maximum Gasteiger partial charge on any atom is 0.434 e. The largest absolute Gasteiger partial charge is 0.440 e. The molecule has 25 heavy (non-hydrogen) atoms. The van der Waals surface area contributed by atoms with Crippen LogP contribution < -0.4 is 15.8 Å². The van der Waals surface area contributed by atoms with Crippen molar-refractivity contribution in [3.63, 3.8) is 0 Å². The van der Waals surface area contributed by atoms with Gasteiger partial charge in [0.25, 0.3) is 6.10 Å². The quantitative estimate of drug-likeness (QED) is 0.515. The fourth-order valence-electron chi connectivity index (χ4n) is 1.57. The smallest absolute Gasteiger partial charge is 0.434 e. The zero-order valence-corrected chi connectivity index (χ0v) is 14.0. The zero-order chi connectivity index (χ0) is 18.8. The Morgan fingerprint density at radius 3 is 2.04 bits per heavy atom. The van der Waals surface area contributed by atoms with Crippen molar-refractivity contribution in [1.82, 2.24) is 15.0 Å². The maximum atomic E-state index is 12.5. The van der Waals surface area contributed by atoms with Gasteiger partial charge in [-0.15, -0.1) is 0 Å². The summed E-state index contributed by atoms with van der Waals surface area (Å²) in [5.74, 6) is -0.979. The molecule has 1 aromatic carbocycles. The molecule has 0 bridgehead atoms. The number of halogens is 7. The third kappa shape index (κ3) is 5.47. The lowest BCUT2D eigenvalue weighted by molar-refractivity contribution is -0.301. The van der Waals surface area contributed by atoms with Crippen LogP contribution in [-0.2, 0) is 0 Å². The SMILES string of the molecule is Nc1nc(Nc2ccc(I)cc2)nc(OC(C(F)(F)F)C(F)(F)F)n1. The van der Waals surface area contributed by atoms with E-state index in [0.29, 0.717) is 5.69 Å². The lowest BCUT2D eigenvalue weighted by Gasteiger charge is -2.22. The number of hydrogen-bond acceptors (Lipinski definition) is 6. The third-order valence-electron chi connectivity index (χ3n) is 2.55. The summed E-state index contributed by atoms with van der Waals surface area (Å²) in [7, 11) is 0. The highest BCUT2D eigenvalue weighted by Gasteiger charge is 2.59. The van der Waals surface area contributed by atoms with E-state index in [0.717, 1.165) is 3.57 Å². The van der Waals surface area contributed by atoms with Gasteiger partial charge in [0.2, 0.25) is 11.9 Å². The Labute approximate surface area is 150 Å². The first-order valence-electron chi connectivity index (χ1n) is 6.29. The fourth-order valence-corrected chi connectivity index (χ4v) is 1.93. The Hall–Kier alpha value is -2.06. The molecule has 0 spiro atoms. The van der Waals surface area contributed by atoms with Crippen LogP contribution in [0.2, 0.25) is 0 Å². The Morgan fingerprint density at radius 1 is 0.960 bits per heavy atom. The molecule has 1 heterocycles. The van der Waals surface area contributed by atoms with Crippen LogP contribution >= 0.6 is 22.6 Å². The minimum atomic E-state index is -5.71. The number of hydrogen-bond donors (Lipinski definition) is 2. The van der Waals surface area contributed by atoms with Crippen LogP contribution in [0.3, 0.4) is 0 Å². The lowest BCUT2D eigenvalue weighted by atomic mass is 10.3. The topological polar surface area (TPSA) is 86.0 Å². The first-order chi connectivity index (χ1) is 11.4. The molecule has 2 aromatic rings. The number of aromatic nitrogens is 3. The van der Waals surface area contributed by atoms with Crippen LogP contribution in [0.15, 0.2) is 24.3 Å². The van der Waals surface area contributed by atoms with Gasteiger partial charge in [0.05, 0.1) is 0 Å². The molecule has 0 aliphatic carbocycles. The molecular weight excluding hydrogens is 471 g/mol. The molecule has 0 unspecified atom stereocenters. The van der Waals surface area contributed by atoms with Crippen LogP contribution in [-0.4, -0.2) is 33.4 Å². The molecule has 0 aliphatic rings. The number of nitrogens with two attached hydrogens (primary N) is 1. The Balaban J connectivity index is 2.27. The van der Waals surface area contributed by atoms with Crippen molar-refractivity contribution in [3.8, 4) is 6.01 Å². The van der Waals surface area contributed by atoms with Crippen molar-refractivity contribution in [3.05, 3.63) is 27.8 Å².